The van der Waals surface area contributed by atoms with Gasteiger partial charge in [0.2, 0.25) is 0 Å². The number of nitrogens with one attached hydrogen (secondary N) is 1. The van der Waals surface area contributed by atoms with Gasteiger partial charge in [-0.15, -0.1) is 11.3 Å². The summed E-state index contributed by atoms with van der Waals surface area (Å²) in [5, 5.41) is 25.4. The molecule has 1 aliphatic carbocycles. The van der Waals surface area contributed by atoms with Crippen LogP contribution in [-0.2, 0) is 12.8 Å². The van der Waals surface area contributed by atoms with E-state index in [1.165, 1.54) is 35.6 Å². The van der Waals surface area contributed by atoms with Crippen molar-refractivity contribution in [1.82, 2.24) is 5.32 Å². The zero-order valence-corrected chi connectivity index (χ0v) is 13.8. The van der Waals surface area contributed by atoms with Crippen LogP contribution >= 0.6 is 11.3 Å². The Morgan fingerprint density at radius 3 is 2.71 bits per heavy atom. The molecule has 126 valence electrons. The fourth-order valence-electron chi connectivity index (χ4n) is 2.90. The fraction of sp³-hybridized carbons (Fsp3) is 0.353. The highest BCUT2D eigenvalue weighted by atomic mass is 32.1. The van der Waals surface area contributed by atoms with Gasteiger partial charge in [-0.05, 0) is 48.9 Å². The number of amides is 1. The van der Waals surface area contributed by atoms with E-state index in [-0.39, 0.29) is 18.1 Å². The second-order valence-electron chi connectivity index (χ2n) is 5.83. The minimum Gasteiger partial charge on any atom is -0.387 e. The largest absolute Gasteiger partial charge is 0.387 e. The van der Waals surface area contributed by atoms with E-state index < -0.39 is 11.0 Å². The summed E-state index contributed by atoms with van der Waals surface area (Å²) in [6.07, 6.45) is 3.36. The number of rotatable bonds is 5. The van der Waals surface area contributed by atoms with E-state index in [4.69, 9.17) is 0 Å². The molecule has 1 aromatic heterocycles. The molecular weight excluding hydrogens is 328 g/mol. The van der Waals surface area contributed by atoms with Crippen molar-refractivity contribution >= 4 is 22.9 Å². The number of fused-ring (bicyclic) bond motifs is 1. The summed E-state index contributed by atoms with van der Waals surface area (Å²) in [6.45, 7) is 0.0707. The number of nitro benzene ring substituents is 1. The van der Waals surface area contributed by atoms with Crippen LogP contribution in [0.1, 0.15) is 45.3 Å². The molecule has 0 radical (unpaired) electrons. The fourth-order valence-corrected chi connectivity index (χ4v) is 4.03. The van der Waals surface area contributed by atoms with Gasteiger partial charge in [-0.2, -0.15) is 0 Å². The van der Waals surface area contributed by atoms with Gasteiger partial charge in [-0.3, -0.25) is 14.9 Å². The molecule has 1 atom stereocenters. The smallest absolute Gasteiger partial charge is 0.269 e. The third-order valence-corrected chi connectivity index (χ3v) is 5.34. The molecule has 6 nitrogen and oxygen atoms in total. The molecule has 0 saturated carbocycles. The predicted octanol–water partition coefficient (Wildman–Crippen LogP) is 3.00. The lowest BCUT2D eigenvalue weighted by atomic mass is 9.95. The number of non-ortho nitro benzene ring substituents is 1. The van der Waals surface area contributed by atoms with Gasteiger partial charge in [-0.25, -0.2) is 0 Å². The Kier molecular flexibility index (Phi) is 4.92. The van der Waals surface area contributed by atoms with Crippen LogP contribution in [0.15, 0.2) is 29.6 Å². The zero-order valence-electron chi connectivity index (χ0n) is 13.0. The normalized spacial score (nSPS) is 14.7. The van der Waals surface area contributed by atoms with E-state index >= 15 is 0 Å². The van der Waals surface area contributed by atoms with Gasteiger partial charge in [0.05, 0.1) is 16.6 Å². The number of carbonyl (C=O) groups excluding carboxylic acids is 1. The van der Waals surface area contributed by atoms with Crippen molar-refractivity contribution in [2.45, 2.75) is 31.8 Å². The summed E-state index contributed by atoms with van der Waals surface area (Å²) >= 11 is 1.63. The Morgan fingerprint density at radius 2 is 2.00 bits per heavy atom. The Morgan fingerprint density at radius 1 is 1.29 bits per heavy atom. The molecule has 3 rings (SSSR count). The van der Waals surface area contributed by atoms with E-state index in [0.717, 1.165) is 24.8 Å². The van der Waals surface area contributed by atoms with Gasteiger partial charge in [-0.1, -0.05) is 0 Å². The molecule has 1 aliphatic rings. The Hall–Kier alpha value is -2.25. The molecule has 7 heteroatoms. The van der Waals surface area contributed by atoms with Crippen molar-refractivity contribution in [2.24, 2.45) is 0 Å². The lowest BCUT2D eigenvalue weighted by Crippen LogP contribution is -2.29. The molecule has 0 aliphatic heterocycles. The van der Waals surface area contributed by atoms with Crippen molar-refractivity contribution in [3.05, 3.63) is 61.3 Å². The lowest BCUT2D eigenvalue weighted by molar-refractivity contribution is -0.384. The summed E-state index contributed by atoms with van der Waals surface area (Å²) in [4.78, 5) is 23.8. The van der Waals surface area contributed by atoms with Crippen molar-refractivity contribution in [2.75, 3.05) is 6.54 Å². The second kappa shape index (κ2) is 7.11. The number of nitrogens with zero attached hydrogens (tertiary/aromatic N) is 1. The van der Waals surface area contributed by atoms with Gasteiger partial charge in [0, 0.05) is 28.9 Å². The Labute approximate surface area is 143 Å². The maximum atomic E-state index is 12.4. The van der Waals surface area contributed by atoms with Crippen molar-refractivity contribution in [3.63, 3.8) is 0 Å². The Balaban J connectivity index is 1.61. The van der Waals surface area contributed by atoms with Crippen molar-refractivity contribution in [3.8, 4) is 0 Å². The Bertz CT molecular complexity index is 754. The number of aliphatic hydroxyl groups is 1. The molecule has 0 spiro atoms. The average molecular weight is 346 g/mol. The van der Waals surface area contributed by atoms with Crippen LogP contribution in [0, 0.1) is 10.1 Å². The van der Waals surface area contributed by atoms with E-state index in [1.54, 1.807) is 11.3 Å². The number of thiophene rings is 1. The highest BCUT2D eigenvalue weighted by Crippen LogP contribution is 2.30. The van der Waals surface area contributed by atoms with Gasteiger partial charge in [0.15, 0.2) is 0 Å². The maximum absolute atomic E-state index is 12.4. The zero-order chi connectivity index (χ0) is 17.1. The van der Waals surface area contributed by atoms with E-state index in [9.17, 15) is 20.0 Å². The molecular formula is C17H18N2O4S. The minimum atomic E-state index is -0.899. The predicted molar refractivity (Wildman–Crippen MR) is 91.4 cm³/mol. The molecule has 0 saturated heterocycles. The summed E-state index contributed by atoms with van der Waals surface area (Å²) in [6, 6.07) is 5.69. The second-order valence-corrected chi connectivity index (χ2v) is 6.80. The monoisotopic (exact) mass is 346 g/mol. The summed E-state index contributed by atoms with van der Waals surface area (Å²) in [7, 11) is 0. The van der Waals surface area contributed by atoms with Crippen LogP contribution < -0.4 is 5.32 Å². The van der Waals surface area contributed by atoms with Crippen LogP contribution in [0.25, 0.3) is 0 Å². The quantitative estimate of drug-likeness (QED) is 0.643. The van der Waals surface area contributed by atoms with Crippen molar-refractivity contribution < 1.29 is 14.8 Å². The first-order chi connectivity index (χ1) is 11.6. The SMILES string of the molecule is O=C(NCC(O)c1ccc([N+](=O)[O-])cc1)c1csc2c1CCCC2. The first kappa shape index (κ1) is 16.6. The molecule has 2 aromatic rings. The maximum Gasteiger partial charge on any atom is 0.269 e. The molecule has 1 amide bonds. The molecule has 24 heavy (non-hydrogen) atoms. The van der Waals surface area contributed by atoms with Crippen LogP contribution in [0.4, 0.5) is 5.69 Å². The van der Waals surface area contributed by atoms with Crippen LogP contribution in [0.5, 0.6) is 0 Å². The van der Waals surface area contributed by atoms with Crippen molar-refractivity contribution in [1.29, 1.82) is 0 Å². The van der Waals surface area contributed by atoms with Gasteiger partial charge >= 0.3 is 0 Å². The first-order valence-electron chi connectivity index (χ1n) is 7.86. The molecule has 1 unspecified atom stereocenters. The number of nitro groups is 1. The van der Waals surface area contributed by atoms with Gasteiger partial charge in [0.25, 0.3) is 11.6 Å². The number of hydrogen-bond donors (Lipinski definition) is 2. The number of hydrogen-bond acceptors (Lipinski definition) is 5. The van der Waals surface area contributed by atoms with Crippen LogP contribution in [0.2, 0.25) is 0 Å². The standard InChI is InChI=1S/C17H18N2O4S/c20-15(11-5-7-12(8-6-11)19(22)23)9-18-17(21)14-10-24-16-4-2-1-3-13(14)16/h5-8,10,15,20H,1-4,9H2,(H,18,21). The third kappa shape index (κ3) is 3.47. The minimum absolute atomic E-state index is 0.0279. The molecule has 0 bridgehead atoms. The number of carbonyl (C=O) groups is 1. The number of benzene rings is 1. The van der Waals surface area contributed by atoms with E-state index in [2.05, 4.69) is 5.32 Å². The molecule has 0 fully saturated rings. The summed E-state index contributed by atoms with van der Waals surface area (Å²) in [5.74, 6) is -0.171. The highest BCUT2D eigenvalue weighted by molar-refractivity contribution is 7.10. The van der Waals surface area contributed by atoms with Crippen LogP contribution in [-0.4, -0.2) is 22.5 Å². The topological polar surface area (TPSA) is 92.5 Å². The average Bonchev–Trinajstić information content (AvgIpc) is 3.03. The summed E-state index contributed by atoms with van der Waals surface area (Å²) < 4.78 is 0. The van der Waals surface area contributed by atoms with Gasteiger partial charge < -0.3 is 10.4 Å². The lowest BCUT2D eigenvalue weighted by Gasteiger charge is -2.14. The summed E-state index contributed by atoms with van der Waals surface area (Å²) in [5.41, 5.74) is 2.37. The third-order valence-electron chi connectivity index (χ3n) is 4.25. The molecule has 2 N–H and O–H groups in total. The number of aryl methyl sites for hydroxylation is 1. The molecule has 1 aromatic carbocycles. The van der Waals surface area contributed by atoms with E-state index in [0.29, 0.717) is 11.1 Å². The molecule has 1 heterocycles. The number of aliphatic hydroxyl groups excluding tert-OH is 1. The van der Waals surface area contributed by atoms with Crippen LogP contribution in [0.3, 0.4) is 0 Å². The highest BCUT2D eigenvalue weighted by Gasteiger charge is 2.20. The first-order valence-corrected chi connectivity index (χ1v) is 8.74. The van der Waals surface area contributed by atoms with Gasteiger partial charge in [0.1, 0.15) is 0 Å². The van der Waals surface area contributed by atoms with E-state index in [1.807, 2.05) is 5.38 Å².